The standard InChI is InChI=1S/C13H14N2OS/c14-9-5-6-15(7-9)13(16)11-8-17-12-4-2-1-3-10(11)12/h1-4,8-9H,5-7,14H2/t9-/m0/s1. The second-order valence-electron chi connectivity index (χ2n) is 4.45. The van der Waals surface area contributed by atoms with Gasteiger partial charge in [-0.3, -0.25) is 4.79 Å². The molecule has 2 N–H and O–H groups in total. The summed E-state index contributed by atoms with van der Waals surface area (Å²) < 4.78 is 1.17. The molecule has 1 saturated heterocycles. The molecule has 1 fully saturated rings. The van der Waals surface area contributed by atoms with E-state index < -0.39 is 0 Å². The first-order valence-corrected chi connectivity index (χ1v) is 6.65. The van der Waals surface area contributed by atoms with E-state index in [0.717, 1.165) is 23.9 Å². The average Bonchev–Trinajstić information content (AvgIpc) is 2.94. The number of hydrogen-bond donors (Lipinski definition) is 1. The van der Waals surface area contributed by atoms with Gasteiger partial charge in [-0.1, -0.05) is 18.2 Å². The van der Waals surface area contributed by atoms with Crippen LogP contribution in [0.3, 0.4) is 0 Å². The van der Waals surface area contributed by atoms with Crippen molar-refractivity contribution in [3.8, 4) is 0 Å². The van der Waals surface area contributed by atoms with Gasteiger partial charge in [0.1, 0.15) is 0 Å². The van der Waals surface area contributed by atoms with Gasteiger partial charge in [0.25, 0.3) is 5.91 Å². The van der Waals surface area contributed by atoms with E-state index in [2.05, 4.69) is 0 Å². The summed E-state index contributed by atoms with van der Waals surface area (Å²) >= 11 is 1.62. The number of fused-ring (bicyclic) bond motifs is 1. The molecule has 0 radical (unpaired) electrons. The number of carbonyl (C=O) groups excluding carboxylic acids is 1. The van der Waals surface area contributed by atoms with Gasteiger partial charge in [0.2, 0.25) is 0 Å². The van der Waals surface area contributed by atoms with Gasteiger partial charge < -0.3 is 10.6 Å². The van der Waals surface area contributed by atoms with Crippen LogP contribution in [0.15, 0.2) is 29.6 Å². The Bertz CT molecular complexity index is 563. The summed E-state index contributed by atoms with van der Waals surface area (Å²) in [6.45, 7) is 1.47. The number of benzene rings is 1. The number of thiophene rings is 1. The molecule has 0 unspecified atom stereocenters. The summed E-state index contributed by atoms with van der Waals surface area (Å²) in [7, 11) is 0. The molecule has 2 aromatic rings. The lowest BCUT2D eigenvalue weighted by Gasteiger charge is -2.15. The number of rotatable bonds is 1. The van der Waals surface area contributed by atoms with Gasteiger partial charge in [-0.2, -0.15) is 0 Å². The molecule has 3 nitrogen and oxygen atoms in total. The maximum Gasteiger partial charge on any atom is 0.255 e. The van der Waals surface area contributed by atoms with Crippen LogP contribution in [0.2, 0.25) is 0 Å². The molecule has 88 valence electrons. The van der Waals surface area contributed by atoms with E-state index in [1.165, 1.54) is 4.70 Å². The summed E-state index contributed by atoms with van der Waals surface area (Å²) in [4.78, 5) is 14.2. The van der Waals surface area contributed by atoms with Gasteiger partial charge in [-0.25, -0.2) is 0 Å². The number of amides is 1. The van der Waals surface area contributed by atoms with Crippen molar-refractivity contribution in [2.45, 2.75) is 12.5 Å². The van der Waals surface area contributed by atoms with Crippen LogP contribution in [0.4, 0.5) is 0 Å². The van der Waals surface area contributed by atoms with Crippen molar-refractivity contribution in [3.05, 3.63) is 35.2 Å². The van der Waals surface area contributed by atoms with Crippen molar-refractivity contribution in [2.24, 2.45) is 5.73 Å². The smallest absolute Gasteiger partial charge is 0.255 e. The third kappa shape index (κ3) is 1.83. The van der Waals surface area contributed by atoms with Crippen molar-refractivity contribution in [1.29, 1.82) is 0 Å². The quantitative estimate of drug-likeness (QED) is 0.837. The zero-order valence-electron chi connectivity index (χ0n) is 9.43. The van der Waals surface area contributed by atoms with Crippen molar-refractivity contribution in [2.75, 3.05) is 13.1 Å². The lowest BCUT2D eigenvalue weighted by Crippen LogP contribution is -2.31. The van der Waals surface area contributed by atoms with Crippen LogP contribution < -0.4 is 5.73 Å². The van der Waals surface area contributed by atoms with Gasteiger partial charge in [-0.15, -0.1) is 11.3 Å². The van der Waals surface area contributed by atoms with E-state index in [9.17, 15) is 4.79 Å². The molecule has 0 aliphatic carbocycles. The zero-order chi connectivity index (χ0) is 11.8. The number of nitrogens with two attached hydrogens (primary N) is 1. The van der Waals surface area contributed by atoms with Crippen LogP contribution in [0.1, 0.15) is 16.8 Å². The van der Waals surface area contributed by atoms with E-state index in [0.29, 0.717) is 6.54 Å². The van der Waals surface area contributed by atoms with Crippen LogP contribution in [0, 0.1) is 0 Å². The Labute approximate surface area is 104 Å². The third-order valence-corrected chi connectivity index (χ3v) is 4.19. The molecule has 4 heteroatoms. The van der Waals surface area contributed by atoms with Crippen LogP contribution in [0.25, 0.3) is 10.1 Å². The summed E-state index contributed by atoms with van der Waals surface area (Å²) in [5, 5.41) is 3.01. The first-order chi connectivity index (χ1) is 8.25. The fourth-order valence-corrected chi connectivity index (χ4v) is 3.22. The highest BCUT2D eigenvalue weighted by Crippen LogP contribution is 2.27. The SMILES string of the molecule is N[C@H]1CCN(C(=O)c2csc3ccccc23)C1. The van der Waals surface area contributed by atoms with Gasteiger partial charge >= 0.3 is 0 Å². The van der Waals surface area contributed by atoms with Crippen molar-refractivity contribution < 1.29 is 4.79 Å². The van der Waals surface area contributed by atoms with Gasteiger partial charge in [0, 0.05) is 34.6 Å². The molecule has 1 aliphatic heterocycles. The zero-order valence-corrected chi connectivity index (χ0v) is 10.2. The number of likely N-dealkylation sites (tertiary alicyclic amines) is 1. The minimum Gasteiger partial charge on any atom is -0.337 e. The fraction of sp³-hybridized carbons (Fsp3) is 0.308. The first-order valence-electron chi connectivity index (χ1n) is 5.77. The number of hydrogen-bond acceptors (Lipinski definition) is 3. The molecule has 1 aliphatic rings. The van der Waals surface area contributed by atoms with Crippen molar-refractivity contribution in [3.63, 3.8) is 0 Å². The maximum absolute atomic E-state index is 12.3. The number of nitrogens with zero attached hydrogens (tertiary/aromatic N) is 1. The van der Waals surface area contributed by atoms with Gasteiger partial charge in [-0.05, 0) is 12.5 Å². The Morgan fingerprint density at radius 3 is 3.00 bits per heavy atom. The van der Waals surface area contributed by atoms with Crippen LogP contribution in [0.5, 0.6) is 0 Å². The van der Waals surface area contributed by atoms with Gasteiger partial charge in [0.05, 0.1) is 5.56 Å². The summed E-state index contributed by atoms with van der Waals surface area (Å²) in [6.07, 6.45) is 0.911. The molecule has 0 bridgehead atoms. The molecule has 1 atom stereocenters. The first kappa shape index (κ1) is 10.7. The lowest BCUT2D eigenvalue weighted by molar-refractivity contribution is 0.0793. The molecule has 1 aromatic carbocycles. The van der Waals surface area contributed by atoms with Crippen LogP contribution >= 0.6 is 11.3 Å². The molecular formula is C13H14N2OS. The number of carbonyl (C=O) groups is 1. The Morgan fingerprint density at radius 2 is 2.24 bits per heavy atom. The molecule has 0 spiro atoms. The Balaban J connectivity index is 1.96. The minimum atomic E-state index is 0.121. The van der Waals surface area contributed by atoms with E-state index in [1.807, 2.05) is 34.5 Å². The summed E-state index contributed by atoms with van der Waals surface area (Å²) in [5.74, 6) is 0.121. The van der Waals surface area contributed by atoms with E-state index in [1.54, 1.807) is 11.3 Å². The van der Waals surface area contributed by atoms with Crippen LogP contribution in [-0.4, -0.2) is 29.9 Å². The highest BCUT2D eigenvalue weighted by atomic mass is 32.1. The maximum atomic E-state index is 12.3. The highest BCUT2D eigenvalue weighted by molar-refractivity contribution is 7.17. The lowest BCUT2D eigenvalue weighted by atomic mass is 10.1. The van der Waals surface area contributed by atoms with Crippen molar-refractivity contribution in [1.82, 2.24) is 4.90 Å². The highest BCUT2D eigenvalue weighted by Gasteiger charge is 2.25. The summed E-state index contributed by atoms with van der Waals surface area (Å²) in [5.41, 5.74) is 6.66. The normalized spacial score (nSPS) is 20.1. The second kappa shape index (κ2) is 4.13. The Morgan fingerprint density at radius 1 is 1.41 bits per heavy atom. The van der Waals surface area contributed by atoms with E-state index in [-0.39, 0.29) is 11.9 Å². The molecule has 0 saturated carbocycles. The van der Waals surface area contributed by atoms with Crippen molar-refractivity contribution >= 4 is 27.3 Å². The molecule has 1 aromatic heterocycles. The Kier molecular flexibility index (Phi) is 2.61. The predicted molar refractivity (Wildman–Crippen MR) is 70.3 cm³/mol. The average molecular weight is 246 g/mol. The topological polar surface area (TPSA) is 46.3 Å². The van der Waals surface area contributed by atoms with E-state index in [4.69, 9.17) is 5.73 Å². The second-order valence-corrected chi connectivity index (χ2v) is 5.36. The Hall–Kier alpha value is -1.39. The third-order valence-electron chi connectivity index (χ3n) is 3.22. The molecular weight excluding hydrogens is 232 g/mol. The fourth-order valence-electron chi connectivity index (χ4n) is 2.29. The molecule has 3 rings (SSSR count). The predicted octanol–water partition coefficient (Wildman–Crippen LogP) is 2.07. The van der Waals surface area contributed by atoms with Crippen LogP contribution in [-0.2, 0) is 0 Å². The largest absolute Gasteiger partial charge is 0.337 e. The minimum absolute atomic E-state index is 0.121. The molecule has 17 heavy (non-hydrogen) atoms. The van der Waals surface area contributed by atoms with E-state index >= 15 is 0 Å². The molecule has 1 amide bonds. The van der Waals surface area contributed by atoms with Gasteiger partial charge in [0.15, 0.2) is 0 Å². The molecule has 2 heterocycles. The summed E-state index contributed by atoms with van der Waals surface area (Å²) in [6, 6.07) is 8.17. The monoisotopic (exact) mass is 246 g/mol.